The molecule has 0 bridgehead atoms. The number of hydrogen-bond donors (Lipinski definition) is 1. The molecular weight excluding hydrogens is 798 g/mol. The number of anilines is 2. The molecule has 0 radical (unpaired) electrons. The van der Waals surface area contributed by atoms with Crippen molar-refractivity contribution in [3.8, 4) is 16.9 Å². The summed E-state index contributed by atoms with van der Waals surface area (Å²) in [7, 11) is -2.38. The number of aromatic nitrogens is 3. The average Bonchev–Trinajstić information content (AvgIpc) is 3.59. The fraction of sp³-hybridized carbons (Fsp3) is 0.349. The SMILES string of the molecule is COc1cc(S(C)(=O)=O)ccc1N(C(=O)OCOC(=O)[C@H](CC(C)C)NC(=O)OC(C)(C)C)c1nc2ccc(-c3ccc(CC(=O)[C@H](C)c4ccc(F)cc4)cc3)cn2n1. The molecule has 3 aromatic carbocycles. The first-order valence-electron chi connectivity index (χ1n) is 19.0. The molecule has 0 fully saturated rings. The summed E-state index contributed by atoms with van der Waals surface area (Å²) in [6.45, 7) is 9.66. The largest absolute Gasteiger partial charge is 0.495 e. The van der Waals surface area contributed by atoms with E-state index < -0.39 is 52.3 Å². The molecule has 2 aromatic heterocycles. The summed E-state index contributed by atoms with van der Waals surface area (Å²) >= 11 is 0. The molecule has 2 atom stereocenters. The van der Waals surface area contributed by atoms with Crippen LogP contribution in [0.5, 0.6) is 5.75 Å². The number of amides is 2. The molecule has 2 heterocycles. The van der Waals surface area contributed by atoms with Crippen LogP contribution in [-0.4, -0.2) is 78.8 Å². The van der Waals surface area contributed by atoms with Gasteiger partial charge in [-0.15, -0.1) is 5.10 Å². The number of benzene rings is 3. The highest BCUT2D eigenvalue weighted by atomic mass is 32.2. The van der Waals surface area contributed by atoms with Crippen molar-refractivity contribution in [1.29, 1.82) is 0 Å². The van der Waals surface area contributed by atoms with Gasteiger partial charge in [-0.25, -0.2) is 36.6 Å². The summed E-state index contributed by atoms with van der Waals surface area (Å²) < 4.78 is 61.0. The number of nitrogens with zero attached hydrogens (tertiary/aromatic N) is 4. The van der Waals surface area contributed by atoms with Crippen molar-refractivity contribution in [1.82, 2.24) is 19.9 Å². The smallest absolute Gasteiger partial charge is 0.424 e. The Balaban J connectivity index is 1.38. The van der Waals surface area contributed by atoms with E-state index in [1.165, 1.54) is 42.0 Å². The molecule has 17 heteroatoms. The van der Waals surface area contributed by atoms with Crippen molar-refractivity contribution < 1.29 is 50.9 Å². The zero-order valence-corrected chi connectivity index (χ0v) is 35.4. The lowest BCUT2D eigenvalue weighted by atomic mass is 9.92. The number of ketones is 1. The minimum Gasteiger partial charge on any atom is -0.495 e. The number of methoxy groups -OCH3 is 1. The van der Waals surface area contributed by atoms with Gasteiger partial charge in [0.25, 0.3) is 5.95 Å². The van der Waals surface area contributed by atoms with E-state index in [0.29, 0.717) is 5.65 Å². The average molecular weight is 846 g/mol. The minimum atomic E-state index is -3.67. The molecule has 2 amide bonds. The predicted octanol–water partition coefficient (Wildman–Crippen LogP) is 7.58. The van der Waals surface area contributed by atoms with Crippen LogP contribution in [0.15, 0.2) is 90.0 Å². The van der Waals surface area contributed by atoms with E-state index >= 15 is 0 Å². The number of nitrogens with one attached hydrogen (secondary N) is 1. The molecule has 5 rings (SSSR count). The molecule has 0 aliphatic carbocycles. The number of rotatable bonds is 15. The maximum atomic E-state index is 13.9. The Hall–Kier alpha value is -6.36. The van der Waals surface area contributed by atoms with E-state index in [4.69, 9.17) is 18.9 Å². The van der Waals surface area contributed by atoms with Crippen LogP contribution >= 0.6 is 0 Å². The number of esters is 1. The Morgan fingerprint density at radius 3 is 2.18 bits per heavy atom. The molecule has 5 aromatic rings. The van der Waals surface area contributed by atoms with Crippen LogP contribution in [0.4, 0.5) is 25.6 Å². The Labute approximate surface area is 347 Å². The van der Waals surface area contributed by atoms with E-state index in [9.17, 15) is 32.0 Å². The monoisotopic (exact) mass is 845 g/mol. The van der Waals surface area contributed by atoms with Crippen molar-refractivity contribution in [2.75, 3.05) is 25.1 Å². The number of halogens is 1. The third kappa shape index (κ3) is 11.6. The molecule has 0 spiro atoms. The number of sulfone groups is 1. The van der Waals surface area contributed by atoms with Crippen LogP contribution in [0, 0.1) is 11.7 Å². The first-order valence-corrected chi connectivity index (χ1v) is 20.9. The van der Waals surface area contributed by atoms with E-state index in [-0.39, 0.29) is 52.6 Å². The summed E-state index contributed by atoms with van der Waals surface area (Å²) in [6, 6.07) is 19.5. The molecule has 1 N–H and O–H groups in total. The molecule has 318 valence electrons. The fourth-order valence-electron chi connectivity index (χ4n) is 6.04. The number of carbonyl (C=O) groups is 4. The van der Waals surface area contributed by atoms with Crippen molar-refractivity contribution in [3.05, 3.63) is 102 Å². The van der Waals surface area contributed by atoms with Crippen LogP contribution in [0.2, 0.25) is 0 Å². The van der Waals surface area contributed by atoms with Crippen molar-refractivity contribution >= 4 is 51.1 Å². The summed E-state index contributed by atoms with van der Waals surface area (Å²) in [5, 5.41) is 7.04. The van der Waals surface area contributed by atoms with Gasteiger partial charge >= 0.3 is 18.2 Å². The Morgan fingerprint density at radius 1 is 0.900 bits per heavy atom. The lowest BCUT2D eigenvalue weighted by molar-refractivity contribution is -0.154. The number of hydrogen-bond acceptors (Lipinski definition) is 12. The summed E-state index contributed by atoms with van der Waals surface area (Å²) in [5.74, 6) is -1.92. The predicted molar refractivity (Wildman–Crippen MR) is 220 cm³/mol. The summed E-state index contributed by atoms with van der Waals surface area (Å²) in [6.07, 6.45) is 1.17. The Morgan fingerprint density at radius 2 is 1.57 bits per heavy atom. The van der Waals surface area contributed by atoms with Gasteiger partial charge in [-0.3, -0.25) is 4.79 Å². The lowest BCUT2D eigenvalue weighted by Gasteiger charge is -2.24. The highest BCUT2D eigenvalue weighted by molar-refractivity contribution is 7.90. The van der Waals surface area contributed by atoms with Gasteiger partial charge in [-0.2, -0.15) is 4.98 Å². The van der Waals surface area contributed by atoms with Gasteiger partial charge in [0.15, 0.2) is 15.5 Å². The van der Waals surface area contributed by atoms with E-state index in [2.05, 4.69) is 15.4 Å². The number of carbonyl (C=O) groups excluding carboxylic acids is 4. The number of pyridine rings is 1. The molecule has 0 aliphatic heterocycles. The quantitative estimate of drug-likeness (QED) is 0.0806. The molecule has 60 heavy (non-hydrogen) atoms. The first kappa shape index (κ1) is 44.7. The van der Waals surface area contributed by atoms with Crippen LogP contribution in [0.3, 0.4) is 0 Å². The van der Waals surface area contributed by atoms with Gasteiger partial charge < -0.3 is 24.3 Å². The molecular formula is C43H48FN5O10S. The van der Waals surface area contributed by atoms with Gasteiger partial charge in [0.1, 0.15) is 29.0 Å². The van der Waals surface area contributed by atoms with Gasteiger partial charge in [0.2, 0.25) is 6.79 Å². The maximum Gasteiger partial charge on any atom is 0.424 e. The molecule has 0 saturated carbocycles. The number of alkyl carbamates (subject to hydrolysis) is 1. The second kappa shape index (κ2) is 18.7. The van der Waals surface area contributed by atoms with Gasteiger partial charge in [0.05, 0.1) is 17.7 Å². The number of fused-ring (bicyclic) bond motifs is 1. The van der Waals surface area contributed by atoms with E-state index in [1.54, 1.807) is 58.2 Å². The zero-order chi connectivity index (χ0) is 43.9. The third-order valence-corrected chi connectivity index (χ3v) is 10.2. The normalized spacial score (nSPS) is 12.7. The van der Waals surface area contributed by atoms with Crippen molar-refractivity contribution in [2.24, 2.45) is 5.92 Å². The second-order valence-corrected chi connectivity index (χ2v) is 17.5. The number of Topliss-reactive ketones (excluding diaryl/α,β-unsaturated/α-hetero) is 1. The van der Waals surface area contributed by atoms with Gasteiger partial charge in [0, 0.05) is 36.4 Å². The van der Waals surface area contributed by atoms with Crippen LogP contribution in [-0.2, 0) is 40.1 Å². The maximum absolute atomic E-state index is 13.9. The zero-order valence-electron chi connectivity index (χ0n) is 34.6. The Bertz CT molecular complexity index is 2460. The second-order valence-electron chi connectivity index (χ2n) is 15.5. The van der Waals surface area contributed by atoms with Crippen molar-refractivity contribution in [2.45, 2.75) is 76.8 Å². The van der Waals surface area contributed by atoms with Crippen molar-refractivity contribution in [3.63, 3.8) is 0 Å². The van der Waals surface area contributed by atoms with Gasteiger partial charge in [-0.05, 0) is 86.2 Å². The third-order valence-electron chi connectivity index (χ3n) is 9.11. The fourth-order valence-corrected chi connectivity index (χ4v) is 6.68. The van der Waals surface area contributed by atoms with Crippen LogP contribution in [0.1, 0.15) is 65.0 Å². The summed E-state index contributed by atoms with van der Waals surface area (Å²) in [5.41, 5.74) is 2.58. The van der Waals surface area contributed by atoms with Crippen LogP contribution < -0.4 is 15.0 Å². The lowest BCUT2D eigenvalue weighted by Crippen LogP contribution is -2.45. The number of ether oxygens (including phenoxy) is 4. The summed E-state index contributed by atoms with van der Waals surface area (Å²) in [4.78, 5) is 57.8. The Kier molecular flexibility index (Phi) is 13.9. The molecule has 0 aliphatic rings. The highest BCUT2D eigenvalue weighted by Crippen LogP contribution is 2.35. The molecule has 0 saturated heterocycles. The van der Waals surface area contributed by atoms with E-state index in [0.717, 1.165) is 33.4 Å². The van der Waals surface area contributed by atoms with Gasteiger partial charge in [-0.1, -0.05) is 57.2 Å². The molecule has 0 unspecified atom stereocenters. The van der Waals surface area contributed by atoms with E-state index in [1.807, 2.05) is 38.1 Å². The first-order chi connectivity index (χ1) is 28.2. The molecule has 15 nitrogen and oxygen atoms in total. The standard InChI is InChI=1S/C43H48FN5O10S/c1-26(2)21-34(45-41(52)59-43(4,5)6)39(51)57-25-58-42(53)49(35-19-18-33(60(8,54)55)23-37(35)56-7)40-46-38-20-15-31(24-48(38)47-40)30-11-9-28(10-12-30)22-36(50)27(3)29-13-16-32(44)17-14-29/h9-20,23-24,26-27,34H,21-22,25H2,1-8H3,(H,45,52)/t27-,34+/m1/s1. The minimum absolute atomic E-state index is 0.0136. The van der Waals surface area contributed by atoms with Crippen LogP contribution in [0.25, 0.3) is 16.8 Å². The topological polar surface area (TPSA) is 185 Å². The highest BCUT2D eigenvalue weighted by Gasteiger charge is 2.30.